The first-order valence-electron chi connectivity index (χ1n) is 5.60. The average molecular weight is 202 g/mol. The lowest BCUT2D eigenvalue weighted by atomic mass is 10.1. The van der Waals surface area contributed by atoms with Gasteiger partial charge in [0.05, 0.1) is 0 Å². The molecule has 0 aromatic rings. The molecule has 0 aliphatic carbocycles. The van der Waals surface area contributed by atoms with Crippen molar-refractivity contribution in [3.8, 4) is 0 Å². The van der Waals surface area contributed by atoms with Gasteiger partial charge in [-0.25, -0.2) is 4.79 Å². The van der Waals surface area contributed by atoms with E-state index in [-0.39, 0.29) is 12.1 Å². The molecule has 3 nitrogen and oxygen atoms in total. The summed E-state index contributed by atoms with van der Waals surface area (Å²) in [4.78, 5) is 20.5. The van der Waals surface area contributed by atoms with Crippen LogP contribution in [0.3, 0.4) is 0 Å². The highest BCUT2D eigenvalue weighted by atomic mass is 17.2. The zero-order chi connectivity index (χ0) is 10.8. The van der Waals surface area contributed by atoms with Crippen LogP contribution < -0.4 is 0 Å². The topological polar surface area (TPSA) is 35.5 Å². The van der Waals surface area contributed by atoms with Crippen molar-refractivity contribution in [2.24, 2.45) is 0 Å². The largest absolute Gasteiger partial charge is 0.342 e. The summed E-state index contributed by atoms with van der Waals surface area (Å²) in [5.41, 5.74) is 0. The molecular weight excluding hydrogens is 180 g/mol. The number of hydrogen-bond donors (Lipinski definition) is 0. The van der Waals surface area contributed by atoms with Gasteiger partial charge in [0.25, 0.3) is 0 Å². The molecule has 0 aliphatic rings. The van der Waals surface area contributed by atoms with E-state index in [9.17, 15) is 4.79 Å². The van der Waals surface area contributed by atoms with E-state index in [0.29, 0.717) is 6.42 Å². The molecule has 0 radical (unpaired) electrons. The van der Waals surface area contributed by atoms with Gasteiger partial charge in [-0.15, -0.1) is 0 Å². The molecule has 0 spiro atoms. The van der Waals surface area contributed by atoms with Crippen molar-refractivity contribution in [3.05, 3.63) is 0 Å². The Morgan fingerprint density at radius 1 is 1.21 bits per heavy atom. The minimum atomic E-state index is -0.293. The molecule has 1 unspecified atom stereocenters. The van der Waals surface area contributed by atoms with Gasteiger partial charge in [0.1, 0.15) is 6.10 Å². The van der Waals surface area contributed by atoms with Crippen LogP contribution in [0.25, 0.3) is 0 Å². The van der Waals surface area contributed by atoms with Crippen LogP contribution in [0.15, 0.2) is 0 Å². The molecule has 0 saturated heterocycles. The summed E-state index contributed by atoms with van der Waals surface area (Å²) in [5, 5.41) is 0. The molecule has 84 valence electrons. The molecule has 0 fully saturated rings. The summed E-state index contributed by atoms with van der Waals surface area (Å²) in [7, 11) is 0. The molecule has 0 aromatic carbocycles. The molecule has 1 atom stereocenters. The molecule has 14 heavy (non-hydrogen) atoms. The molecule has 0 rings (SSSR count). The Balaban J connectivity index is 3.52. The summed E-state index contributed by atoms with van der Waals surface area (Å²) < 4.78 is 0. The Kier molecular flexibility index (Phi) is 8.64. The van der Waals surface area contributed by atoms with E-state index in [4.69, 9.17) is 4.89 Å². The number of carbonyl (C=O) groups is 1. The van der Waals surface area contributed by atoms with Crippen LogP contribution >= 0.6 is 0 Å². The fraction of sp³-hybridized carbons (Fsp3) is 0.909. The fourth-order valence-corrected chi connectivity index (χ4v) is 1.12. The lowest BCUT2D eigenvalue weighted by molar-refractivity contribution is -0.299. The van der Waals surface area contributed by atoms with E-state index in [1.54, 1.807) is 6.92 Å². The van der Waals surface area contributed by atoms with Crippen LogP contribution in [0, 0.1) is 0 Å². The van der Waals surface area contributed by atoms with Crippen LogP contribution in [-0.4, -0.2) is 12.1 Å². The Morgan fingerprint density at radius 2 is 1.93 bits per heavy atom. The molecule has 0 aromatic heterocycles. The van der Waals surface area contributed by atoms with E-state index in [1.165, 1.54) is 12.8 Å². The molecule has 0 amide bonds. The highest BCUT2D eigenvalue weighted by Gasteiger charge is 2.09. The number of hydrogen-bond acceptors (Lipinski definition) is 3. The van der Waals surface area contributed by atoms with Gasteiger partial charge < -0.3 is 0 Å². The standard InChI is InChI=1S/C11H22O3/c1-4-7-8-9-10(5-2)13-14-11(12)6-3/h10H,4-9H2,1-3H3. The van der Waals surface area contributed by atoms with E-state index >= 15 is 0 Å². The van der Waals surface area contributed by atoms with Gasteiger partial charge in [0.15, 0.2) is 0 Å². The molecule has 0 N–H and O–H groups in total. The van der Waals surface area contributed by atoms with Crippen molar-refractivity contribution in [3.63, 3.8) is 0 Å². The first-order chi connectivity index (χ1) is 6.74. The summed E-state index contributed by atoms with van der Waals surface area (Å²) in [5.74, 6) is -0.293. The molecule has 0 saturated carbocycles. The van der Waals surface area contributed by atoms with Gasteiger partial charge in [-0.2, -0.15) is 4.89 Å². The second-order valence-corrected chi connectivity index (χ2v) is 3.43. The fourth-order valence-electron chi connectivity index (χ4n) is 1.12. The van der Waals surface area contributed by atoms with Crippen LogP contribution in [-0.2, 0) is 14.6 Å². The lowest BCUT2D eigenvalue weighted by Gasteiger charge is -2.13. The molecular formula is C11H22O3. The zero-order valence-electron chi connectivity index (χ0n) is 9.54. The minimum absolute atomic E-state index is 0.0667. The second kappa shape index (κ2) is 9.00. The second-order valence-electron chi connectivity index (χ2n) is 3.43. The highest BCUT2D eigenvalue weighted by molar-refractivity contribution is 5.68. The maximum atomic E-state index is 10.8. The van der Waals surface area contributed by atoms with Gasteiger partial charge in [-0.1, -0.05) is 40.0 Å². The summed E-state index contributed by atoms with van der Waals surface area (Å²) in [6, 6.07) is 0. The van der Waals surface area contributed by atoms with Crippen molar-refractivity contribution in [2.75, 3.05) is 0 Å². The Bertz CT molecular complexity index is 145. The Hall–Kier alpha value is -0.570. The summed E-state index contributed by atoms with van der Waals surface area (Å²) >= 11 is 0. The normalized spacial score (nSPS) is 12.5. The maximum absolute atomic E-state index is 10.8. The van der Waals surface area contributed by atoms with Gasteiger partial charge in [-0.05, 0) is 12.8 Å². The van der Waals surface area contributed by atoms with E-state index < -0.39 is 0 Å². The lowest BCUT2D eigenvalue weighted by Crippen LogP contribution is -2.15. The monoisotopic (exact) mass is 202 g/mol. The molecule has 0 aliphatic heterocycles. The van der Waals surface area contributed by atoms with Gasteiger partial charge in [0, 0.05) is 6.42 Å². The highest BCUT2D eigenvalue weighted by Crippen LogP contribution is 2.10. The molecule has 0 bridgehead atoms. The third-order valence-corrected chi connectivity index (χ3v) is 2.15. The minimum Gasteiger partial charge on any atom is -0.298 e. The van der Waals surface area contributed by atoms with Gasteiger partial charge in [0.2, 0.25) is 0 Å². The van der Waals surface area contributed by atoms with Crippen molar-refractivity contribution < 1.29 is 14.6 Å². The predicted molar refractivity (Wildman–Crippen MR) is 55.7 cm³/mol. The van der Waals surface area contributed by atoms with Crippen molar-refractivity contribution >= 4 is 5.97 Å². The molecule has 3 heteroatoms. The first-order valence-corrected chi connectivity index (χ1v) is 5.60. The van der Waals surface area contributed by atoms with Crippen LogP contribution in [0.5, 0.6) is 0 Å². The third-order valence-electron chi connectivity index (χ3n) is 2.15. The summed E-state index contributed by atoms with van der Waals surface area (Å²) in [6.07, 6.45) is 5.84. The van der Waals surface area contributed by atoms with Crippen LogP contribution in [0.2, 0.25) is 0 Å². The number of carbonyl (C=O) groups excluding carboxylic acids is 1. The van der Waals surface area contributed by atoms with Crippen molar-refractivity contribution in [1.29, 1.82) is 0 Å². The van der Waals surface area contributed by atoms with Crippen molar-refractivity contribution in [1.82, 2.24) is 0 Å². The van der Waals surface area contributed by atoms with E-state index in [0.717, 1.165) is 19.3 Å². The van der Waals surface area contributed by atoms with E-state index in [2.05, 4.69) is 11.8 Å². The Morgan fingerprint density at radius 3 is 2.43 bits per heavy atom. The quantitative estimate of drug-likeness (QED) is 0.344. The van der Waals surface area contributed by atoms with Gasteiger partial charge >= 0.3 is 5.97 Å². The maximum Gasteiger partial charge on any atom is 0.342 e. The van der Waals surface area contributed by atoms with Gasteiger partial charge in [-0.3, -0.25) is 4.89 Å². The van der Waals surface area contributed by atoms with Crippen LogP contribution in [0.4, 0.5) is 0 Å². The van der Waals surface area contributed by atoms with Crippen LogP contribution in [0.1, 0.15) is 59.3 Å². The molecule has 0 heterocycles. The third kappa shape index (κ3) is 6.89. The van der Waals surface area contributed by atoms with Crippen molar-refractivity contribution in [2.45, 2.75) is 65.4 Å². The first kappa shape index (κ1) is 13.4. The Labute approximate surface area is 86.7 Å². The number of unbranched alkanes of at least 4 members (excludes halogenated alkanes) is 2. The number of rotatable bonds is 8. The average Bonchev–Trinajstić information content (AvgIpc) is 2.22. The summed E-state index contributed by atoms with van der Waals surface area (Å²) in [6.45, 7) is 5.96. The predicted octanol–water partition coefficient (Wildman–Crippen LogP) is 3.23. The smallest absolute Gasteiger partial charge is 0.298 e. The van der Waals surface area contributed by atoms with E-state index in [1.807, 2.05) is 6.92 Å². The zero-order valence-corrected chi connectivity index (χ0v) is 9.54. The SMILES string of the molecule is CCCCCC(CC)OOC(=O)CC.